The summed E-state index contributed by atoms with van der Waals surface area (Å²) in [6, 6.07) is 7.63. The maximum absolute atomic E-state index is 5.71. The predicted molar refractivity (Wildman–Crippen MR) is 71.0 cm³/mol. The zero-order valence-electron chi connectivity index (χ0n) is 10.9. The highest BCUT2D eigenvalue weighted by atomic mass is 16.5. The van der Waals surface area contributed by atoms with Crippen molar-refractivity contribution in [3.8, 4) is 17.2 Å². The number of aromatic nitrogens is 2. The molecule has 0 amide bonds. The molecule has 1 atom stereocenters. The normalized spacial score (nSPS) is 18.7. The Bertz CT molecular complexity index is 530. The third kappa shape index (κ3) is 2.76. The number of ether oxygens (including phenoxy) is 1. The molecule has 0 spiro atoms. The van der Waals surface area contributed by atoms with E-state index >= 15 is 0 Å². The number of nitrogens with zero attached hydrogens (tertiary/aromatic N) is 2. The van der Waals surface area contributed by atoms with E-state index < -0.39 is 0 Å². The summed E-state index contributed by atoms with van der Waals surface area (Å²) >= 11 is 0. The van der Waals surface area contributed by atoms with Crippen molar-refractivity contribution in [1.29, 1.82) is 0 Å². The highest BCUT2D eigenvalue weighted by molar-refractivity contribution is 5.53. The van der Waals surface area contributed by atoms with Crippen LogP contribution in [0.2, 0.25) is 0 Å². The first kappa shape index (κ1) is 12.2. The van der Waals surface area contributed by atoms with Crippen molar-refractivity contribution in [3.63, 3.8) is 0 Å². The van der Waals surface area contributed by atoms with Crippen LogP contribution in [0.15, 0.2) is 28.7 Å². The second kappa shape index (κ2) is 5.40. The minimum absolute atomic E-state index is 0.573. The molecule has 0 radical (unpaired) electrons. The number of methoxy groups -OCH3 is 1. The highest BCUT2D eigenvalue weighted by Gasteiger charge is 2.18. The smallest absolute Gasteiger partial charge is 0.247 e. The zero-order chi connectivity index (χ0) is 13.1. The molecule has 1 unspecified atom stereocenters. The van der Waals surface area contributed by atoms with Gasteiger partial charge in [0.1, 0.15) is 5.75 Å². The van der Waals surface area contributed by atoms with Gasteiger partial charge in [0.15, 0.2) is 0 Å². The van der Waals surface area contributed by atoms with Gasteiger partial charge in [-0.25, -0.2) is 0 Å². The molecule has 1 aliphatic rings. The lowest BCUT2D eigenvalue weighted by Crippen LogP contribution is -2.10. The number of nitrogens with one attached hydrogen (secondary N) is 1. The molecule has 1 aliphatic heterocycles. The second-order valence-corrected chi connectivity index (χ2v) is 4.79. The van der Waals surface area contributed by atoms with E-state index in [2.05, 4.69) is 15.5 Å². The lowest BCUT2D eigenvalue weighted by molar-refractivity contribution is 0.414. The summed E-state index contributed by atoms with van der Waals surface area (Å²) < 4.78 is 10.8. The monoisotopic (exact) mass is 259 g/mol. The summed E-state index contributed by atoms with van der Waals surface area (Å²) in [6.45, 7) is 2.13. The van der Waals surface area contributed by atoms with Gasteiger partial charge in [-0.05, 0) is 49.7 Å². The molecule has 2 aromatic rings. The molecule has 5 nitrogen and oxygen atoms in total. The van der Waals surface area contributed by atoms with E-state index in [-0.39, 0.29) is 0 Å². The fraction of sp³-hybridized carbons (Fsp3) is 0.429. The van der Waals surface area contributed by atoms with Crippen LogP contribution < -0.4 is 10.1 Å². The number of hydrogen-bond donors (Lipinski definition) is 1. The second-order valence-electron chi connectivity index (χ2n) is 4.79. The first-order chi connectivity index (χ1) is 9.35. The summed E-state index contributed by atoms with van der Waals surface area (Å²) in [7, 11) is 1.65. The molecular formula is C14H17N3O2. The van der Waals surface area contributed by atoms with Gasteiger partial charge in [-0.3, -0.25) is 0 Å². The van der Waals surface area contributed by atoms with Crippen LogP contribution in [0.4, 0.5) is 0 Å². The molecule has 0 bridgehead atoms. The van der Waals surface area contributed by atoms with Gasteiger partial charge in [-0.2, -0.15) is 0 Å². The largest absolute Gasteiger partial charge is 0.497 e. The van der Waals surface area contributed by atoms with Crippen molar-refractivity contribution < 1.29 is 9.15 Å². The van der Waals surface area contributed by atoms with Gasteiger partial charge in [-0.15, -0.1) is 10.2 Å². The average molecular weight is 259 g/mol. The Morgan fingerprint density at radius 1 is 1.32 bits per heavy atom. The lowest BCUT2D eigenvalue weighted by Gasteiger charge is -2.02. The Morgan fingerprint density at radius 3 is 2.84 bits per heavy atom. The van der Waals surface area contributed by atoms with Crippen molar-refractivity contribution in [2.75, 3.05) is 20.2 Å². The predicted octanol–water partition coefficient (Wildman–Crippen LogP) is 1.90. The van der Waals surface area contributed by atoms with Crippen LogP contribution >= 0.6 is 0 Å². The van der Waals surface area contributed by atoms with Gasteiger partial charge in [0.05, 0.1) is 7.11 Å². The van der Waals surface area contributed by atoms with Crippen LogP contribution in [0.3, 0.4) is 0 Å². The van der Waals surface area contributed by atoms with E-state index in [1.54, 1.807) is 7.11 Å². The van der Waals surface area contributed by atoms with Crippen molar-refractivity contribution in [1.82, 2.24) is 15.5 Å². The minimum atomic E-state index is 0.573. The Balaban J connectivity index is 1.72. The maximum atomic E-state index is 5.71. The molecule has 1 fully saturated rings. The van der Waals surface area contributed by atoms with Crippen molar-refractivity contribution in [3.05, 3.63) is 30.2 Å². The number of rotatable bonds is 4. The van der Waals surface area contributed by atoms with E-state index in [1.807, 2.05) is 24.3 Å². The molecule has 19 heavy (non-hydrogen) atoms. The van der Waals surface area contributed by atoms with Gasteiger partial charge < -0.3 is 14.5 Å². The summed E-state index contributed by atoms with van der Waals surface area (Å²) in [5.41, 5.74) is 0.920. The third-order valence-electron chi connectivity index (χ3n) is 3.43. The molecule has 1 aromatic heterocycles. The van der Waals surface area contributed by atoms with Gasteiger partial charge in [-0.1, -0.05) is 0 Å². The fourth-order valence-electron chi connectivity index (χ4n) is 2.32. The SMILES string of the molecule is COc1ccc(-c2nnc(CC3CCNC3)o2)cc1. The quantitative estimate of drug-likeness (QED) is 0.908. The van der Waals surface area contributed by atoms with Gasteiger partial charge in [0.2, 0.25) is 11.8 Å². The Kier molecular flexibility index (Phi) is 3.46. The van der Waals surface area contributed by atoms with E-state index in [1.165, 1.54) is 6.42 Å². The van der Waals surface area contributed by atoms with Crippen LogP contribution in [0.5, 0.6) is 5.75 Å². The minimum Gasteiger partial charge on any atom is -0.497 e. The molecule has 1 saturated heterocycles. The first-order valence-electron chi connectivity index (χ1n) is 6.52. The lowest BCUT2D eigenvalue weighted by atomic mass is 10.1. The Morgan fingerprint density at radius 2 is 2.16 bits per heavy atom. The summed E-state index contributed by atoms with van der Waals surface area (Å²) in [4.78, 5) is 0. The fourth-order valence-corrected chi connectivity index (χ4v) is 2.32. The standard InChI is InChI=1S/C14H17N3O2/c1-18-12-4-2-11(3-5-12)14-17-16-13(19-14)8-10-6-7-15-9-10/h2-5,10,15H,6-9H2,1H3. The molecular weight excluding hydrogens is 242 g/mol. The zero-order valence-corrected chi connectivity index (χ0v) is 10.9. The summed E-state index contributed by atoms with van der Waals surface area (Å²) in [6.07, 6.45) is 2.04. The Hall–Kier alpha value is -1.88. The highest BCUT2D eigenvalue weighted by Crippen LogP contribution is 2.22. The third-order valence-corrected chi connectivity index (χ3v) is 3.43. The van der Waals surface area contributed by atoms with E-state index in [0.29, 0.717) is 11.8 Å². The summed E-state index contributed by atoms with van der Waals surface area (Å²) in [5.74, 6) is 2.73. The topological polar surface area (TPSA) is 60.2 Å². The average Bonchev–Trinajstić information content (AvgIpc) is 3.11. The van der Waals surface area contributed by atoms with Crippen LogP contribution in [0, 0.1) is 5.92 Å². The van der Waals surface area contributed by atoms with Crippen LogP contribution in [-0.4, -0.2) is 30.4 Å². The van der Waals surface area contributed by atoms with Gasteiger partial charge in [0.25, 0.3) is 0 Å². The molecule has 100 valence electrons. The first-order valence-corrected chi connectivity index (χ1v) is 6.52. The van der Waals surface area contributed by atoms with E-state index in [9.17, 15) is 0 Å². The van der Waals surface area contributed by atoms with Crippen LogP contribution in [0.1, 0.15) is 12.3 Å². The molecule has 2 heterocycles. The molecule has 0 aliphatic carbocycles. The summed E-state index contributed by atoms with van der Waals surface area (Å²) in [5, 5.41) is 11.6. The van der Waals surface area contributed by atoms with E-state index in [4.69, 9.17) is 9.15 Å². The van der Waals surface area contributed by atoms with Crippen molar-refractivity contribution in [2.45, 2.75) is 12.8 Å². The van der Waals surface area contributed by atoms with Gasteiger partial charge >= 0.3 is 0 Å². The van der Waals surface area contributed by atoms with Crippen molar-refractivity contribution in [2.24, 2.45) is 5.92 Å². The van der Waals surface area contributed by atoms with Crippen LogP contribution in [-0.2, 0) is 6.42 Å². The van der Waals surface area contributed by atoms with Crippen molar-refractivity contribution >= 4 is 0 Å². The van der Waals surface area contributed by atoms with Crippen LogP contribution in [0.25, 0.3) is 11.5 Å². The molecule has 3 rings (SSSR count). The molecule has 1 N–H and O–H groups in total. The number of benzene rings is 1. The number of hydrogen-bond acceptors (Lipinski definition) is 5. The van der Waals surface area contributed by atoms with E-state index in [0.717, 1.165) is 36.7 Å². The maximum Gasteiger partial charge on any atom is 0.247 e. The molecule has 0 saturated carbocycles. The molecule has 1 aromatic carbocycles. The Labute approximate surface area is 112 Å². The molecule has 5 heteroatoms. The van der Waals surface area contributed by atoms with Gasteiger partial charge in [0, 0.05) is 12.0 Å².